The van der Waals surface area contributed by atoms with E-state index in [4.69, 9.17) is 4.74 Å². The van der Waals surface area contributed by atoms with Gasteiger partial charge in [0.25, 0.3) is 0 Å². The number of hydrogen-bond donors (Lipinski definition) is 2. The summed E-state index contributed by atoms with van der Waals surface area (Å²) < 4.78 is 5.87. The summed E-state index contributed by atoms with van der Waals surface area (Å²) in [5.41, 5.74) is 3.12. The van der Waals surface area contributed by atoms with E-state index in [-0.39, 0.29) is 6.10 Å². The predicted octanol–water partition coefficient (Wildman–Crippen LogP) is 5.36. The van der Waals surface area contributed by atoms with E-state index in [2.05, 4.69) is 44.9 Å². The lowest BCUT2D eigenvalue weighted by Crippen LogP contribution is -2.09. The summed E-state index contributed by atoms with van der Waals surface area (Å²) in [6.07, 6.45) is 2.19. The molecule has 0 fully saturated rings. The summed E-state index contributed by atoms with van der Waals surface area (Å²) in [5, 5.41) is 6.69. The second kappa shape index (κ2) is 9.74. The third kappa shape index (κ3) is 5.98. The van der Waals surface area contributed by atoms with Gasteiger partial charge in [0, 0.05) is 18.3 Å². The van der Waals surface area contributed by atoms with Crippen LogP contribution < -0.4 is 15.4 Å². The van der Waals surface area contributed by atoms with Crippen molar-refractivity contribution in [1.29, 1.82) is 0 Å². The van der Waals surface area contributed by atoms with Gasteiger partial charge in [-0.1, -0.05) is 42.5 Å². The third-order valence-corrected chi connectivity index (χ3v) is 4.14. The Hall–Kier alpha value is -3.08. The Labute approximate surface area is 167 Å². The van der Waals surface area contributed by atoms with E-state index in [1.54, 1.807) is 0 Å². The van der Waals surface area contributed by atoms with Crippen LogP contribution in [0.5, 0.6) is 5.75 Å². The van der Waals surface area contributed by atoms with Gasteiger partial charge in [0.05, 0.1) is 11.8 Å². The molecule has 0 aliphatic carbocycles. The molecule has 3 aromatic rings. The van der Waals surface area contributed by atoms with Gasteiger partial charge in [0.1, 0.15) is 11.6 Å². The molecular weight excluding hydrogens is 348 g/mol. The van der Waals surface area contributed by atoms with Gasteiger partial charge in [0.2, 0.25) is 5.95 Å². The highest BCUT2D eigenvalue weighted by Crippen LogP contribution is 2.27. The van der Waals surface area contributed by atoms with Crippen molar-refractivity contribution in [3.8, 4) is 5.75 Å². The van der Waals surface area contributed by atoms with Gasteiger partial charge in [-0.3, -0.25) is 0 Å². The number of benzene rings is 2. The van der Waals surface area contributed by atoms with Crippen LogP contribution in [0.3, 0.4) is 0 Å². The first-order valence-corrected chi connectivity index (χ1v) is 9.76. The molecule has 28 heavy (non-hydrogen) atoms. The molecule has 1 aromatic heterocycles. The highest BCUT2D eigenvalue weighted by Gasteiger charge is 2.08. The first kappa shape index (κ1) is 19.7. The maximum Gasteiger partial charge on any atom is 0.229 e. The lowest BCUT2D eigenvalue weighted by molar-refractivity contribution is 0.244. The monoisotopic (exact) mass is 376 g/mol. The van der Waals surface area contributed by atoms with Crippen molar-refractivity contribution in [1.82, 2.24) is 9.97 Å². The maximum atomic E-state index is 5.87. The van der Waals surface area contributed by atoms with Crippen LogP contribution in [0.4, 0.5) is 17.5 Å². The van der Waals surface area contributed by atoms with Crippen LogP contribution in [0.15, 0.2) is 60.7 Å². The lowest BCUT2D eigenvalue weighted by Gasteiger charge is -2.15. The molecule has 0 bridgehead atoms. The highest BCUT2D eigenvalue weighted by atomic mass is 16.5. The molecule has 0 atom stereocenters. The van der Waals surface area contributed by atoms with Crippen LogP contribution in [0.1, 0.15) is 31.5 Å². The van der Waals surface area contributed by atoms with Crippen molar-refractivity contribution in [3.63, 3.8) is 0 Å². The normalized spacial score (nSPS) is 10.7. The molecule has 0 radical (unpaired) electrons. The molecule has 0 aliphatic heterocycles. The lowest BCUT2D eigenvalue weighted by atomic mass is 10.1. The molecule has 0 unspecified atom stereocenters. The first-order valence-electron chi connectivity index (χ1n) is 9.76. The SMILES string of the molecule is Cc1cc(NCCCc2ccccc2)nc(Nc2ccccc2OC(C)C)n1. The minimum Gasteiger partial charge on any atom is -0.489 e. The van der Waals surface area contributed by atoms with Gasteiger partial charge in [-0.2, -0.15) is 4.98 Å². The van der Waals surface area contributed by atoms with E-state index < -0.39 is 0 Å². The van der Waals surface area contributed by atoms with E-state index in [0.29, 0.717) is 5.95 Å². The number of para-hydroxylation sites is 2. The Morgan fingerprint density at radius 2 is 1.71 bits per heavy atom. The largest absolute Gasteiger partial charge is 0.489 e. The molecule has 2 N–H and O–H groups in total. The first-order chi connectivity index (χ1) is 13.6. The van der Waals surface area contributed by atoms with Gasteiger partial charge in [-0.15, -0.1) is 0 Å². The van der Waals surface area contributed by atoms with Gasteiger partial charge in [0.15, 0.2) is 0 Å². The minimum atomic E-state index is 0.100. The molecule has 5 nitrogen and oxygen atoms in total. The number of nitrogens with one attached hydrogen (secondary N) is 2. The van der Waals surface area contributed by atoms with Crippen LogP contribution in [-0.4, -0.2) is 22.6 Å². The van der Waals surface area contributed by atoms with Crippen LogP contribution >= 0.6 is 0 Å². The molecule has 5 heteroatoms. The van der Waals surface area contributed by atoms with Crippen molar-refractivity contribution in [2.24, 2.45) is 0 Å². The second-order valence-corrected chi connectivity index (χ2v) is 7.02. The second-order valence-electron chi connectivity index (χ2n) is 7.02. The number of hydrogen-bond acceptors (Lipinski definition) is 5. The molecule has 0 amide bonds. The number of rotatable bonds is 9. The number of anilines is 3. The van der Waals surface area contributed by atoms with E-state index in [1.165, 1.54) is 5.56 Å². The van der Waals surface area contributed by atoms with Crippen LogP contribution in [0.25, 0.3) is 0 Å². The molecular formula is C23H28N4O. The fourth-order valence-electron chi connectivity index (χ4n) is 2.92. The van der Waals surface area contributed by atoms with E-state index >= 15 is 0 Å². The summed E-state index contributed by atoms with van der Waals surface area (Å²) >= 11 is 0. The maximum absolute atomic E-state index is 5.87. The molecule has 1 heterocycles. The van der Waals surface area contributed by atoms with E-state index in [0.717, 1.165) is 42.3 Å². The summed E-state index contributed by atoms with van der Waals surface area (Å²) in [6, 6.07) is 20.3. The molecule has 0 spiro atoms. The Kier molecular flexibility index (Phi) is 6.84. The molecule has 146 valence electrons. The van der Waals surface area contributed by atoms with E-state index in [9.17, 15) is 0 Å². The Morgan fingerprint density at radius 3 is 2.50 bits per heavy atom. The van der Waals surface area contributed by atoms with Crippen LogP contribution in [0, 0.1) is 6.92 Å². The Balaban J connectivity index is 1.62. The number of nitrogens with zero attached hydrogens (tertiary/aromatic N) is 2. The fraction of sp³-hybridized carbons (Fsp3) is 0.304. The molecule has 0 saturated heterocycles. The van der Waals surface area contributed by atoms with Crippen molar-refractivity contribution >= 4 is 17.5 Å². The average molecular weight is 377 g/mol. The molecule has 0 aliphatic rings. The summed E-state index contributed by atoms with van der Waals surface area (Å²) in [6.45, 7) is 6.85. The zero-order chi connectivity index (χ0) is 19.8. The van der Waals surface area contributed by atoms with Crippen molar-refractivity contribution in [3.05, 3.63) is 71.9 Å². The summed E-state index contributed by atoms with van der Waals surface area (Å²) in [7, 11) is 0. The zero-order valence-corrected chi connectivity index (χ0v) is 16.8. The number of ether oxygens (including phenoxy) is 1. The smallest absolute Gasteiger partial charge is 0.229 e. The quantitative estimate of drug-likeness (QED) is 0.492. The van der Waals surface area contributed by atoms with Gasteiger partial charge >= 0.3 is 0 Å². The molecule has 3 rings (SSSR count). The average Bonchev–Trinajstić information content (AvgIpc) is 2.67. The van der Waals surface area contributed by atoms with E-state index in [1.807, 2.05) is 57.2 Å². The van der Waals surface area contributed by atoms with Crippen LogP contribution in [0.2, 0.25) is 0 Å². The standard InChI is InChI=1S/C23H28N4O/c1-17(2)28-21-14-8-7-13-20(21)26-23-25-18(3)16-22(27-23)24-15-9-12-19-10-5-4-6-11-19/h4-8,10-11,13-14,16-17H,9,12,15H2,1-3H3,(H2,24,25,26,27). The number of aromatic nitrogens is 2. The zero-order valence-electron chi connectivity index (χ0n) is 16.8. The minimum absolute atomic E-state index is 0.100. The van der Waals surface area contributed by atoms with Gasteiger partial charge in [-0.25, -0.2) is 4.98 Å². The Morgan fingerprint density at radius 1 is 0.964 bits per heavy atom. The third-order valence-electron chi connectivity index (χ3n) is 4.14. The van der Waals surface area contributed by atoms with Gasteiger partial charge in [-0.05, 0) is 51.3 Å². The number of aryl methyl sites for hydroxylation is 2. The summed E-state index contributed by atoms with van der Waals surface area (Å²) in [5.74, 6) is 2.18. The predicted molar refractivity (Wildman–Crippen MR) is 116 cm³/mol. The Bertz CT molecular complexity index is 881. The van der Waals surface area contributed by atoms with Gasteiger partial charge < -0.3 is 15.4 Å². The molecule has 0 saturated carbocycles. The van der Waals surface area contributed by atoms with Crippen molar-refractivity contribution in [2.75, 3.05) is 17.2 Å². The topological polar surface area (TPSA) is 59.1 Å². The fourth-order valence-corrected chi connectivity index (χ4v) is 2.92. The highest BCUT2D eigenvalue weighted by molar-refractivity contribution is 5.63. The van der Waals surface area contributed by atoms with Crippen molar-refractivity contribution < 1.29 is 4.74 Å². The van der Waals surface area contributed by atoms with Crippen molar-refractivity contribution in [2.45, 2.75) is 39.7 Å². The summed E-state index contributed by atoms with van der Waals surface area (Å²) in [4.78, 5) is 9.11. The molecule has 2 aromatic carbocycles. The van der Waals surface area contributed by atoms with Crippen LogP contribution in [-0.2, 0) is 6.42 Å².